The van der Waals surface area contributed by atoms with E-state index < -0.39 is 0 Å². The molecule has 1 heterocycles. The minimum absolute atomic E-state index is 0.640. The van der Waals surface area contributed by atoms with Crippen LogP contribution in [0.5, 0.6) is 0 Å². The molecule has 0 radical (unpaired) electrons. The number of anilines is 1. The van der Waals surface area contributed by atoms with Gasteiger partial charge in [0.2, 0.25) is 0 Å². The van der Waals surface area contributed by atoms with Crippen molar-refractivity contribution in [2.75, 3.05) is 32.5 Å². The Morgan fingerprint density at radius 2 is 1.83 bits per heavy atom. The molecule has 0 aliphatic carbocycles. The Morgan fingerprint density at radius 1 is 1.04 bits per heavy atom. The summed E-state index contributed by atoms with van der Waals surface area (Å²) in [4.78, 5) is 6.90. The van der Waals surface area contributed by atoms with Crippen molar-refractivity contribution in [2.45, 2.75) is 0 Å². The van der Waals surface area contributed by atoms with Crippen LogP contribution < -0.4 is 5.32 Å². The lowest BCUT2D eigenvalue weighted by molar-refractivity contribution is 0.425. The number of para-hydroxylation sites is 1. The molecule has 0 aliphatic heterocycles. The monoisotopic (exact) mass is 359 g/mol. The van der Waals surface area contributed by atoms with Gasteiger partial charge in [-0.25, -0.2) is 4.98 Å². The Morgan fingerprint density at radius 3 is 2.62 bits per heavy atom. The van der Waals surface area contributed by atoms with Gasteiger partial charge >= 0.3 is 0 Å². The number of rotatable bonds is 5. The molecule has 3 nitrogen and oxygen atoms in total. The summed E-state index contributed by atoms with van der Waals surface area (Å²) in [5.41, 5.74) is 3.63. The van der Waals surface area contributed by atoms with Gasteiger partial charge in [-0.15, -0.1) is 0 Å². The van der Waals surface area contributed by atoms with Gasteiger partial charge in [0.25, 0.3) is 0 Å². The molecule has 24 heavy (non-hydrogen) atoms. The van der Waals surface area contributed by atoms with Crippen LogP contribution in [0.1, 0.15) is 0 Å². The molecule has 2 aromatic carbocycles. The minimum atomic E-state index is 0.640. The summed E-state index contributed by atoms with van der Waals surface area (Å²) in [5, 5.41) is 5.89. The zero-order valence-electron chi connectivity index (χ0n) is 13.7. The topological polar surface area (TPSA) is 28.2 Å². The number of pyridine rings is 1. The van der Waals surface area contributed by atoms with Crippen LogP contribution >= 0.6 is 23.2 Å². The maximum atomic E-state index is 6.35. The second kappa shape index (κ2) is 7.39. The van der Waals surface area contributed by atoms with Crippen molar-refractivity contribution in [3.05, 3.63) is 58.6 Å². The third-order valence-electron chi connectivity index (χ3n) is 3.80. The second-order valence-electron chi connectivity index (χ2n) is 5.93. The molecule has 0 saturated carbocycles. The molecule has 0 amide bonds. The second-order valence-corrected chi connectivity index (χ2v) is 6.77. The molecule has 1 N–H and O–H groups in total. The van der Waals surface area contributed by atoms with E-state index in [1.54, 1.807) is 12.1 Å². The van der Waals surface area contributed by atoms with Gasteiger partial charge in [0.05, 0.1) is 16.2 Å². The number of fused-ring (bicyclic) bond motifs is 1. The highest BCUT2D eigenvalue weighted by Gasteiger charge is 2.10. The highest BCUT2D eigenvalue weighted by molar-refractivity contribution is 6.35. The van der Waals surface area contributed by atoms with Gasteiger partial charge in [0.15, 0.2) is 0 Å². The fourth-order valence-corrected chi connectivity index (χ4v) is 2.95. The first-order chi connectivity index (χ1) is 11.5. The highest BCUT2D eigenvalue weighted by Crippen LogP contribution is 2.33. The number of aromatic nitrogens is 1. The van der Waals surface area contributed by atoms with E-state index in [0.717, 1.165) is 40.9 Å². The Bertz CT molecular complexity index is 862. The summed E-state index contributed by atoms with van der Waals surface area (Å²) in [6.45, 7) is 1.80. The third-order valence-corrected chi connectivity index (χ3v) is 4.36. The first-order valence-corrected chi connectivity index (χ1v) is 8.54. The molecule has 1 aromatic heterocycles. The number of halogens is 2. The lowest BCUT2D eigenvalue weighted by Crippen LogP contribution is -2.20. The largest absolute Gasteiger partial charge is 0.383 e. The average molecular weight is 360 g/mol. The Balaban J connectivity index is 2.07. The van der Waals surface area contributed by atoms with Crippen molar-refractivity contribution < 1.29 is 0 Å². The normalized spacial score (nSPS) is 11.2. The first kappa shape index (κ1) is 17.0. The van der Waals surface area contributed by atoms with Gasteiger partial charge in [-0.05, 0) is 44.4 Å². The van der Waals surface area contributed by atoms with Gasteiger partial charge in [0.1, 0.15) is 0 Å². The predicted octanol–water partition coefficient (Wildman–Crippen LogP) is 5.18. The lowest BCUT2D eigenvalue weighted by atomic mass is 10.1. The fourth-order valence-electron chi connectivity index (χ4n) is 2.57. The van der Waals surface area contributed by atoms with Crippen molar-refractivity contribution in [3.8, 4) is 11.3 Å². The van der Waals surface area contributed by atoms with Crippen molar-refractivity contribution >= 4 is 39.8 Å². The Kier molecular flexibility index (Phi) is 5.24. The van der Waals surface area contributed by atoms with E-state index in [4.69, 9.17) is 28.2 Å². The molecule has 3 aromatic rings. The average Bonchev–Trinajstić information content (AvgIpc) is 2.56. The molecular weight excluding hydrogens is 341 g/mol. The van der Waals surface area contributed by atoms with Crippen LogP contribution in [0.15, 0.2) is 48.5 Å². The van der Waals surface area contributed by atoms with Crippen LogP contribution in [-0.2, 0) is 0 Å². The maximum absolute atomic E-state index is 6.35. The van der Waals surface area contributed by atoms with Crippen molar-refractivity contribution in [2.24, 2.45) is 0 Å². The van der Waals surface area contributed by atoms with Gasteiger partial charge in [-0.3, -0.25) is 0 Å². The zero-order chi connectivity index (χ0) is 17.1. The van der Waals surface area contributed by atoms with Crippen LogP contribution in [-0.4, -0.2) is 37.1 Å². The number of hydrogen-bond acceptors (Lipinski definition) is 3. The van der Waals surface area contributed by atoms with E-state index in [1.165, 1.54) is 0 Å². The van der Waals surface area contributed by atoms with E-state index in [0.29, 0.717) is 10.0 Å². The molecule has 3 rings (SSSR count). The van der Waals surface area contributed by atoms with Crippen molar-refractivity contribution in [1.82, 2.24) is 9.88 Å². The van der Waals surface area contributed by atoms with Crippen LogP contribution in [0.2, 0.25) is 10.0 Å². The fraction of sp³-hybridized carbons (Fsp3) is 0.211. The number of nitrogens with zero attached hydrogens (tertiary/aromatic N) is 2. The van der Waals surface area contributed by atoms with E-state index in [-0.39, 0.29) is 0 Å². The first-order valence-electron chi connectivity index (χ1n) is 7.78. The number of benzene rings is 2. The SMILES string of the molecule is CN(C)CCNc1cc(-c2cc(Cl)ccc2Cl)nc2ccccc12. The summed E-state index contributed by atoms with van der Waals surface area (Å²) in [6.07, 6.45) is 0. The predicted molar refractivity (Wildman–Crippen MR) is 104 cm³/mol. The summed E-state index contributed by atoms with van der Waals surface area (Å²) in [7, 11) is 4.12. The number of nitrogens with one attached hydrogen (secondary N) is 1. The molecule has 0 unspecified atom stereocenters. The Hall–Kier alpha value is -1.81. The zero-order valence-corrected chi connectivity index (χ0v) is 15.2. The molecule has 124 valence electrons. The van der Waals surface area contributed by atoms with Gasteiger partial charge < -0.3 is 10.2 Å². The molecule has 5 heteroatoms. The molecule has 0 atom stereocenters. The molecular formula is C19H19Cl2N3. The quantitative estimate of drug-likeness (QED) is 0.679. The van der Waals surface area contributed by atoms with Gasteiger partial charge in [0, 0.05) is 34.7 Å². The summed E-state index contributed by atoms with van der Waals surface area (Å²) < 4.78 is 0. The van der Waals surface area contributed by atoms with E-state index in [9.17, 15) is 0 Å². The van der Waals surface area contributed by atoms with E-state index >= 15 is 0 Å². The third kappa shape index (κ3) is 3.81. The van der Waals surface area contributed by atoms with Crippen LogP contribution in [0.25, 0.3) is 22.2 Å². The Labute approximate surface area is 152 Å². The van der Waals surface area contributed by atoms with Crippen LogP contribution in [0.4, 0.5) is 5.69 Å². The van der Waals surface area contributed by atoms with Gasteiger partial charge in [-0.2, -0.15) is 0 Å². The molecule has 0 aliphatic rings. The van der Waals surface area contributed by atoms with Crippen molar-refractivity contribution in [3.63, 3.8) is 0 Å². The summed E-state index contributed by atoms with van der Waals surface area (Å²) in [5.74, 6) is 0. The molecule has 0 fully saturated rings. The molecule has 0 saturated heterocycles. The molecule has 0 bridgehead atoms. The maximum Gasteiger partial charge on any atom is 0.0745 e. The minimum Gasteiger partial charge on any atom is -0.383 e. The highest BCUT2D eigenvalue weighted by atomic mass is 35.5. The van der Waals surface area contributed by atoms with Crippen molar-refractivity contribution in [1.29, 1.82) is 0 Å². The van der Waals surface area contributed by atoms with Gasteiger partial charge in [-0.1, -0.05) is 41.4 Å². The number of likely N-dealkylation sites (N-methyl/N-ethyl adjacent to an activating group) is 1. The van der Waals surface area contributed by atoms with Crippen LogP contribution in [0, 0.1) is 0 Å². The lowest BCUT2D eigenvalue weighted by Gasteiger charge is -2.15. The summed E-state index contributed by atoms with van der Waals surface area (Å²) >= 11 is 12.5. The van der Waals surface area contributed by atoms with E-state index in [2.05, 4.69) is 30.4 Å². The van der Waals surface area contributed by atoms with Crippen LogP contribution in [0.3, 0.4) is 0 Å². The molecule has 0 spiro atoms. The standard InChI is InChI=1S/C19H19Cl2N3/c1-24(2)10-9-22-18-12-19(15-11-13(20)7-8-16(15)21)23-17-6-4-3-5-14(17)18/h3-8,11-12H,9-10H2,1-2H3,(H,22,23). The smallest absolute Gasteiger partial charge is 0.0745 e. The number of hydrogen-bond donors (Lipinski definition) is 1. The van der Waals surface area contributed by atoms with E-state index in [1.807, 2.05) is 30.3 Å². The summed E-state index contributed by atoms with van der Waals surface area (Å²) in [6, 6.07) is 15.6.